The van der Waals surface area contributed by atoms with Gasteiger partial charge in [0.15, 0.2) is 11.6 Å². The van der Waals surface area contributed by atoms with Gasteiger partial charge in [0.05, 0.1) is 33.1 Å². The highest BCUT2D eigenvalue weighted by atomic mass is 32.1. The number of carbonyl (C=O) groups is 1. The first-order chi connectivity index (χ1) is 20.7. The van der Waals surface area contributed by atoms with E-state index in [9.17, 15) is 9.36 Å². The molecule has 0 aliphatic carbocycles. The fourth-order valence-corrected chi connectivity index (χ4v) is 6.15. The minimum Gasteiger partial charge on any atom is -0.453 e. The molecule has 2 amide bonds. The van der Waals surface area contributed by atoms with E-state index in [1.807, 2.05) is 24.3 Å². The van der Waals surface area contributed by atoms with Crippen molar-refractivity contribution >= 4 is 51.4 Å². The van der Waals surface area contributed by atoms with Crippen molar-refractivity contribution in [2.75, 3.05) is 44.2 Å². The first kappa shape index (κ1) is 30.3. The maximum absolute atomic E-state index is 15.1. The molecule has 0 aliphatic rings. The Balaban J connectivity index is 1.28. The summed E-state index contributed by atoms with van der Waals surface area (Å²) in [5.74, 6) is -0.181. The number of nitrogens with zero attached hydrogens (tertiary/aromatic N) is 2. The summed E-state index contributed by atoms with van der Waals surface area (Å²) in [6.45, 7) is 5.29. The lowest BCUT2D eigenvalue weighted by atomic mass is 10.2. The number of thiophene rings is 1. The SMILES string of the molecule is COCCNCc1cccc(-c2cc3nccc(Oc4ccc(NC(=O)Nc5cccc(P(C)(C)=O)c5)cc4F)c3s2)n1. The molecule has 5 rings (SSSR count). The number of ether oxygens (including phenoxy) is 2. The lowest BCUT2D eigenvalue weighted by Gasteiger charge is -2.12. The molecule has 0 aliphatic heterocycles. The Morgan fingerprint density at radius 2 is 1.77 bits per heavy atom. The van der Waals surface area contributed by atoms with Gasteiger partial charge in [0.1, 0.15) is 12.9 Å². The molecule has 222 valence electrons. The zero-order valence-corrected chi connectivity index (χ0v) is 25.6. The quantitative estimate of drug-likeness (QED) is 0.109. The third-order valence-electron chi connectivity index (χ3n) is 6.36. The number of hydrogen-bond acceptors (Lipinski definition) is 8. The highest BCUT2D eigenvalue weighted by Gasteiger charge is 2.15. The van der Waals surface area contributed by atoms with E-state index in [1.54, 1.807) is 63.0 Å². The minimum absolute atomic E-state index is 0.00464. The van der Waals surface area contributed by atoms with Gasteiger partial charge < -0.3 is 30.0 Å². The molecule has 0 saturated carbocycles. The summed E-state index contributed by atoms with van der Waals surface area (Å²) in [6.07, 6.45) is 1.61. The predicted molar refractivity (Wildman–Crippen MR) is 171 cm³/mol. The zero-order valence-electron chi connectivity index (χ0n) is 23.9. The number of anilines is 2. The second-order valence-corrected chi connectivity index (χ2v) is 14.3. The molecule has 43 heavy (non-hydrogen) atoms. The monoisotopic (exact) mass is 619 g/mol. The largest absolute Gasteiger partial charge is 0.453 e. The van der Waals surface area contributed by atoms with Gasteiger partial charge in [-0.1, -0.05) is 18.2 Å². The summed E-state index contributed by atoms with van der Waals surface area (Å²) < 4.78 is 39.3. The average Bonchev–Trinajstić information content (AvgIpc) is 3.42. The standard InChI is InChI=1S/C31H31FN5O4PS/c1-40-15-14-33-19-22-7-5-9-25(35-22)29-18-26-30(43-29)28(12-13-34-26)41-27-11-10-21(17-24(27)32)37-31(38)36-20-6-4-8-23(16-20)42(2,3)39/h4-13,16-18,33H,14-15,19H2,1-3H3,(H2,36,37,38). The molecule has 0 saturated heterocycles. The van der Waals surface area contributed by atoms with Gasteiger partial charge in [-0.25, -0.2) is 9.18 Å². The van der Waals surface area contributed by atoms with E-state index in [1.165, 1.54) is 23.5 Å². The topological polar surface area (TPSA) is 114 Å². The van der Waals surface area contributed by atoms with Crippen LogP contribution in [0.25, 0.3) is 20.8 Å². The second kappa shape index (κ2) is 13.4. The third kappa shape index (κ3) is 7.82. The van der Waals surface area contributed by atoms with Gasteiger partial charge in [-0.3, -0.25) is 9.97 Å². The molecule has 5 aromatic rings. The van der Waals surface area contributed by atoms with Crippen LogP contribution in [0.3, 0.4) is 0 Å². The van der Waals surface area contributed by atoms with Crippen molar-refractivity contribution in [3.63, 3.8) is 0 Å². The smallest absolute Gasteiger partial charge is 0.323 e. The number of hydrogen-bond donors (Lipinski definition) is 3. The van der Waals surface area contributed by atoms with Gasteiger partial charge in [-0.15, -0.1) is 11.3 Å². The Kier molecular flexibility index (Phi) is 9.47. The summed E-state index contributed by atoms with van der Waals surface area (Å²) in [6, 6.07) is 20.0. The molecule has 0 spiro atoms. The number of rotatable bonds is 11. The van der Waals surface area contributed by atoms with E-state index in [0.29, 0.717) is 35.4 Å². The Bertz CT molecular complexity index is 1810. The van der Waals surface area contributed by atoms with Crippen LogP contribution in [0.4, 0.5) is 20.6 Å². The molecule has 3 heterocycles. The number of nitrogens with one attached hydrogen (secondary N) is 3. The number of amides is 2. The number of aromatic nitrogens is 2. The van der Waals surface area contributed by atoms with Crippen LogP contribution in [-0.2, 0) is 15.8 Å². The molecule has 0 unspecified atom stereocenters. The summed E-state index contributed by atoms with van der Waals surface area (Å²) in [5.41, 5.74) is 3.16. The number of halogens is 1. The van der Waals surface area contributed by atoms with E-state index in [4.69, 9.17) is 14.5 Å². The van der Waals surface area contributed by atoms with Crippen LogP contribution in [0.2, 0.25) is 0 Å². The molecule has 0 radical (unpaired) electrons. The van der Waals surface area contributed by atoms with Crippen molar-refractivity contribution in [3.05, 3.63) is 90.5 Å². The Hall–Kier alpha value is -4.15. The van der Waals surface area contributed by atoms with Gasteiger partial charge in [0, 0.05) is 55.2 Å². The number of methoxy groups -OCH3 is 1. The number of benzene rings is 2. The van der Waals surface area contributed by atoms with Gasteiger partial charge in [0.25, 0.3) is 0 Å². The Morgan fingerprint density at radius 1 is 0.977 bits per heavy atom. The van der Waals surface area contributed by atoms with Crippen LogP contribution in [0.15, 0.2) is 79.0 Å². The van der Waals surface area contributed by atoms with Crippen molar-refractivity contribution < 1.29 is 23.2 Å². The molecule has 0 bridgehead atoms. The van der Waals surface area contributed by atoms with Gasteiger partial charge in [0.2, 0.25) is 0 Å². The van der Waals surface area contributed by atoms with Crippen LogP contribution < -0.4 is 26.0 Å². The first-order valence-electron chi connectivity index (χ1n) is 13.4. The van der Waals surface area contributed by atoms with Crippen molar-refractivity contribution in [2.24, 2.45) is 0 Å². The molecule has 3 aromatic heterocycles. The summed E-state index contributed by atoms with van der Waals surface area (Å²) >= 11 is 1.46. The fourth-order valence-electron chi connectivity index (χ4n) is 4.22. The van der Waals surface area contributed by atoms with E-state index >= 15 is 4.39 Å². The highest BCUT2D eigenvalue weighted by molar-refractivity contribution is 7.70. The minimum atomic E-state index is -2.48. The number of pyridine rings is 2. The molecular weight excluding hydrogens is 588 g/mol. The number of urea groups is 1. The van der Waals surface area contributed by atoms with E-state index in [0.717, 1.165) is 27.5 Å². The predicted octanol–water partition coefficient (Wildman–Crippen LogP) is 6.92. The molecule has 0 fully saturated rings. The summed E-state index contributed by atoms with van der Waals surface area (Å²) in [7, 11) is -0.817. The number of carbonyl (C=O) groups excluding carboxylic acids is 1. The van der Waals surface area contributed by atoms with Crippen LogP contribution in [0.5, 0.6) is 11.5 Å². The Morgan fingerprint density at radius 3 is 2.53 bits per heavy atom. The van der Waals surface area contributed by atoms with Crippen LogP contribution >= 0.6 is 18.5 Å². The maximum Gasteiger partial charge on any atom is 0.323 e. The second-order valence-electron chi connectivity index (χ2n) is 10.0. The first-order valence-corrected chi connectivity index (χ1v) is 16.9. The highest BCUT2D eigenvalue weighted by Crippen LogP contribution is 2.39. The fraction of sp³-hybridized carbons (Fsp3) is 0.194. The van der Waals surface area contributed by atoms with E-state index in [-0.39, 0.29) is 11.4 Å². The molecule has 3 N–H and O–H groups in total. The van der Waals surface area contributed by atoms with Crippen molar-refractivity contribution in [1.82, 2.24) is 15.3 Å². The maximum atomic E-state index is 15.1. The van der Waals surface area contributed by atoms with Crippen molar-refractivity contribution in [1.29, 1.82) is 0 Å². The van der Waals surface area contributed by atoms with Gasteiger partial charge in [-0.05, 0) is 55.8 Å². The lowest BCUT2D eigenvalue weighted by Crippen LogP contribution is -2.20. The normalized spacial score (nSPS) is 11.4. The molecular formula is C31H31FN5O4PS. The van der Waals surface area contributed by atoms with E-state index in [2.05, 4.69) is 20.9 Å². The zero-order chi connectivity index (χ0) is 30.4. The molecule has 9 nitrogen and oxygen atoms in total. The number of fused-ring (bicyclic) bond motifs is 1. The van der Waals surface area contributed by atoms with Crippen molar-refractivity contribution in [2.45, 2.75) is 6.54 Å². The van der Waals surface area contributed by atoms with Crippen LogP contribution in [-0.4, -0.2) is 49.6 Å². The van der Waals surface area contributed by atoms with Crippen LogP contribution in [0.1, 0.15) is 5.69 Å². The van der Waals surface area contributed by atoms with E-state index < -0.39 is 19.0 Å². The van der Waals surface area contributed by atoms with Gasteiger partial charge in [-0.2, -0.15) is 0 Å². The Labute approximate surface area is 252 Å². The average molecular weight is 620 g/mol. The summed E-state index contributed by atoms with van der Waals surface area (Å²) in [5, 5.41) is 9.25. The molecule has 12 heteroatoms. The lowest BCUT2D eigenvalue weighted by molar-refractivity contribution is 0.199. The third-order valence-corrected chi connectivity index (χ3v) is 9.04. The molecule has 0 atom stereocenters. The van der Waals surface area contributed by atoms with Crippen LogP contribution in [0, 0.1) is 5.82 Å². The molecule has 2 aromatic carbocycles. The van der Waals surface area contributed by atoms with Gasteiger partial charge >= 0.3 is 6.03 Å². The van der Waals surface area contributed by atoms with Crippen molar-refractivity contribution in [3.8, 4) is 22.1 Å². The summed E-state index contributed by atoms with van der Waals surface area (Å²) in [4.78, 5) is 22.7.